The molecule has 1 aliphatic rings. The van der Waals surface area contributed by atoms with Crippen LogP contribution in [-0.4, -0.2) is 40.5 Å². The lowest BCUT2D eigenvalue weighted by Gasteiger charge is -2.27. The second kappa shape index (κ2) is 9.12. The largest absolute Gasteiger partial charge is 0.391 e. The second-order valence-corrected chi connectivity index (χ2v) is 5.88. The van der Waals surface area contributed by atoms with E-state index in [1.807, 2.05) is 13.2 Å². The molecule has 0 radical (unpaired) electrons. The Labute approximate surface area is 138 Å². The zero-order valence-corrected chi connectivity index (χ0v) is 14.1. The summed E-state index contributed by atoms with van der Waals surface area (Å²) in [5.74, 6) is 0.200. The first-order valence-electron chi connectivity index (χ1n) is 7.73. The lowest BCUT2D eigenvalue weighted by Crippen LogP contribution is -2.42. The number of aliphatic hydroxyl groups is 1. The number of hydrogen-bond acceptors (Lipinski definition) is 4. The Morgan fingerprint density at radius 3 is 2.68 bits per heavy atom. The van der Waals surface area contributed by atoms with Crippen LogP contribution in [0, 0.1) is 5.92 Å². The summed E-state index contributed by atoms with van der Waals surface area (Å²) in [4.78, 5) is 12.2. The van der Waals surface area contributed by atoms with Gasteiger partial charge in [0.05, 0.1) is 12.3 Å². The molecule has 1 aromatic heterocycles. The highest BCUT2D eigenvalue weighted by Gasteiger charge is 2.24. The number of hydrogen-bond donors (Lipinski definition) is 3. The molecule has 6 nitrogen and oxygen atoms in total. The van der Waals surface area contributed by atoms with Gasteiger partial charge in [-0.3, -0.25) is 9.48 Å². The van der Waals surface area contributed by atoms with Crippen molar-refractivity contribution in [3.05, 3.63) is 18.0 Å². The average molecular weight is 331 g/mol. The minimum atomic E-state index is -0.444. The zero-order chi connectivity index (χ0) is 15.2. The van der Waals surface area contributed by atoms with E-state index in [-0.39, 0.29) is 18.3 Å². The maximum atomic E-state index is 12.2. The van der Waals surface area contributed by atoms with E-state index >= 15 is 0 Å². The molecule has 2 rings (SSSR count). The van der Waals surface area contributed by atoms with Crippen molar-refractivity contribution in [1.29, 1.82) is 0 Å². The van der Waals surface area contributed by atoms with E-state index in [1.54, 1.807) is 17.9 Å². The van der Waals surface area contributed by atoms with Crippen LogP contribution in [0.4, 0.5) is 0 Å². The van der Waals surface area contributed by atoms with E-state index in [2.05, 4.69) is 15.7 Å². The molecule has 0 aromatic carbocycles. The molecular formula is C15H27ClN4O2. The number of likely N-dealkylation sites (N-methyl/N-ethyl adjacent to an activating group) is 1. The van der Waals surface area contributed by atoms with Gasteiger partial charge in [-0.15, -0.1) is 12.4 Å². The molecular weight excluding hydrogens is 304 g/mol. The Kier molecular flexibility index (Phi) is 7.85. The lowest BCUT2D eigenvalue weighted by atomic mass is 9.85. The van der Waals surface area contributed by atoms with Crippen molar-refractivity contribution in [3.8, 4) is 0 Å². The zero-order valence-electron chi connectivity index (χ0n) is 13.3. The number of amides is 1. The third-order valence-corrected chi connectivity index (χ3v) is 4.29. The molecule has 1 aliphatic carbocycles. The summed E-state index contributed by atoms with van der Waals surface area (Å²) in [6.07, 6.45) is 8.81. The van der Waals surface area contributed by atoms with Crippen molar-refractivity contribution >= 4 is 18.3 Å². The number of nitrogens with zero attached hydrogens (tertiary/aromatic N) is 2. The van der Waals surface area contributed by atoms with Gasteiger partial charge in [-0.1, -0.05) is 19.3 Å². The van der Waals surface area contributed by atoms with Crippen molar-refractivity contribution < 1.29 is 9.90 Å². The van der Waals surface area contributed by atoms with Gasteiger partial charge in [-0.25, -0.2) is 0 Å². The molecule has 2 unspecified atom stereocenters. The topological polar surface area (TPSA) is 79.2 Å². The Bertz CT molecular complexity index is 460. The van der Waals surface area contributed by atoms with E-state index in [1.165, 1.54) is 19.3 Å². The molecule has 126 valence electrons. The van der Waals surface area contributed by atoms with Gasteiger partial charge in [0.25, 0.3) is 0 Å². The van der Waals surface area contributed by atoms with E-state index in [4.69, 9.17) is 0 Å². The lowest BCUT2D eigenvalue weighted by molar-refractivity contribution is -0.123. The number of rotatable bonds is 6. The first kappa shape index (κ1) is 18.9. The monoisotopic (exact) mass is 330 g/mol. The summed E-state index contributed by atoms with van der Waals surface area (Å²) >= 11 is 0. The summed E-state index contributed by atoms with van der Waals surface area (Å²) in [5, 5.41) is 20.1. The van der Waals surface area contributed by atoms with Crippen molar-refractivity contribution in [2.75, 3.05) is 13.6 Å². The number of carbonyl (C=O) groups excluding carboxylic acids is 1. The summed E-state index contributed by atoms with van der Waals surface area (Å²) in [6.45, 7) is 0.321. The third-order valence-electron chi connectivity index (χ3n) is 4.29. The van der Waals surface area contributed by atoms with Crippen molar-refractivity contribution in [2.45, 2.75) is 44.2 Å². The predicted molar refractivity (Wildman–Crippen MR) is 87.8 cm³/mol. The molecule has 3 N–H and O–H groups in total. The van der Waals surface area contributed by atoms with Crippen LogP contribution in [0.15, 0.2) is 12.4 Å². The van der Waals surface area contributed by atoms with Gasteiger partial charge in [0.1, 0.15) is 6.04 Å². The fraction of sp³-hybridized carbons (Fsp3) is 0.733. The molecule has 1 heterocycles. The molecule has 0 aliphatic heterocycles. The Hall–Kier alpha value is -1.11. The van der Waals surface area contributed by atoms with Crippen LogP contribution in [0.25, 0.3) is 0 Å². The molecule has 2 atom stereocenters. The van der Waals surface area contributed by atoms with Gasteiger partial charge in [-0.05, 0) is 25.8 Å². The number of aromatic nitrogens is 2. The van der Waals surface area contributed by atoms with Crippen molar-refractivity contribution in [2.24, 2.45) is 13.0 Å². The van der Waals surface area contributed by atoms with E-state index in [9.17, 15) is 9.90 Å². The number of nitrogens with one attached hydrogen (secondary N) is 2. The van der Waals surface area contributed by atoms with Gasteiger partial charge in [-0.2, -0.15) is 5.10 Å². The second-order valence-electron chi connectivity index (χ2n) is 5.88. The SMILES string of the molecule is CNC(C(=O)NCC(O)C1CCCCC1)c1cnn(C)c1.Cl. The Balaban J connectivity index is 0.00000242. The maximum Gasteiger partial charge on any atom is 0.241 e. The minimum absolute atomic E-state index is 0. The van der Waals surface area contributed by atoms with Gasteiger partial charge >= 0.3 is 0 Å². The molecule has 22 heavy (non-hydrogen) atoms. The predicted octanol–water partition coefficient (Wildman–Crippen LogP) is 1.16. The van der Waals surface area contributed by atoms with E-state index in [0.29, 0.717) is 12.5 Å². The smallest absolute Gasteiger partial charge is 0.241 e. The van der Waals surface area contributed by atoms with Crippen LogP contribution in [0.1, 0.15) is 43.7 Å². The molecule has 1 aromatic rings. The third kappa shape index (κ3) is 4.97. The van der Waals surface area contributed by atoms with Gasteiger partial charge in [0.15, 0.2) is 0 Å². The summed E-state index contributed by atoms with van der Waals surface area (Å²) < 4.78 is 1.67. The van der Waals surface area contributed by atoms with Crippen LogP contribution >= 0.6 is 12.4 Å². The van der Waals surface area contributed by atoms with E-state index in [0.717, 1.165) is 18.4 Å². The van der Waals surface area contributed by atoms with Crippen LogP contribution in [0.3, 0.4) is 0 Å². The molecule has 0 spiro atoms. The Morgan fingerprint density at radius 1 is 1.45 bits per heavy atom. The molecule has 1 fully saturated rings. The standard InChI is InChI=1S/C15H26N4O2.ClH/c1-16-14(12-8-18-19(2)10-12)15(21)17-9-13(20)11-6-4-3-5-7-11;/h8,10-11,13-14,16,20H,3-7,9H2,1-2H3,(H,17,21);1H. The quantitative estimate of drug-likeness (QED) is 0.731. The average Bonchev–Trinajstić information content (AvgIpc) is 2.92. The fourth-order valence-corrected chi connectivity index (χ4v) is 3.03. The van der Waals surface area contributed by atoms with Crippen LogP contribution in [-0.2, 0) is 11.8 Å². The highest BCUT2D eigenvalue weighted by molar-refractivity contribution is 5.85. The van der Waals surface area contributed by atoms with Crippen LogP contribution < -0.4 is 10.6 Å². The van der Waals surface area contributed by atoms with Gasteiger partial charge in [0, 0.05) is 25.4 Å². The van der Waals surface area contributed by atoms with Gasteiger partial charge in [0.2, 0.25) is 5.91 Å². The number of halogens is 1. The maximum absolute atomic E-state index is 12.2. The number of carbonyl (C=O) groups is 1. The summed E-state index contributed by atoms with van der Waals surface area (Å²) in [5.41, 5.74) is 0.824. The minimum Gasteiger partial charge on any atom is -0.391 e. The molecule has 0 saturated heterocycles. The first-order chi connectivity index (χ1) is 10.1. The summed E-state index contributed by atoms with van der Waals surface area (Å²) in [6, 6.07) is -0.433. The van der Waals surface area contributed by atoms with Gasteiger partial charge < -0.3 is 15.7 Å². The fourth-order valence-electron chi connectivity index (χ4n) is 3.03. The molecule has 1 amide bonds. The molecule has 0 bridgehead atoms. The number of aryl methyl sites for hydroxylation is 1. The number of aliphatic hydroxyl groups excluding tert-OH is 1. The Morgan fingerprint density at radius 2 is 2.14 bits per heavy atom. The summed E-state index contributed by atoms with van der Waals surface area (Å²) in [7, 11) is 3.57. The molecule has 1 saturated carbocycles. The first-order valence-corrected chi connectivity index (χ1v) is 7.73. The van der Waals surface area contributed by atoms with Crippen molar-refractivity contribution in [3.63, 3.8) is 0 Å². The molecule has 7 heteroatoms. The van der Waals surface area contributed by atoms with Crippen LogP contribution in [0.2, 0.25) is 0 Å². The van der Waals surface area contributed by atoms with Crippen molar-refractivity contribution in [1.82, 2.24) is 20.4 Å². The highest BCUT2D eigenvalue weighted by atomic mass is 35.5. The normalized spacial score (nSPS) is 18.3. The van der Waals surface area contributed by atoms with Crippen LogP contribution in [0.5, 0.6) is 0 Å². The highest BCUT2D eigenvalue weighted by Crippen LogP contribution is 2.26. The van der Waals surface area contributed by atoms with E-state index < -0.39 is 12.1 Å².